The van der Waals surface area contributed by atoms with Gasteiger partial charge in [-0.05, 0) is 22.0 Å². The van der Waals surface area contributed by atoms with Crippen molar-refractivity contribution in [2.75, 3.05) is 12.3 Å². The first-order valence-electron chi connectivity index (χ1n) is 5.40. The second-order valence-corrected chi connectivity index (χ2v) is 11.5. The number of anilines is 1. The summed E-state index contributed by atoms with van der Waals surface area (Å²) >= 11 is 3.19. The van der Waals surface area contributed by atoms with Gasteiger partial charge in [0.15, 0.2) is 5.82 Å². The molecule has 7 heteroatoms. The molecule has 0 bridgehead atoms. The number of nitrogens with zero attached hydrogens (tertiary/aromatic N) is 2. The fourth-order valence-electron chi connectivity index (χ4n) is 1.16. The first-order chi connectivity index (χ1) is 7.79. The van der Waals surface area contributed by atoms with Gasteiger partial charge in [-0.2, -0.15) is 0 Å². The van der Waals surface area contributed by atoms with Gasteiger partial charge in [-0.1, -0.05) is 19.6 Å². The van der Waals surface area contributed by atoms with Gasteiger partial charge in [-0.3, -0.25) is 9.36 Å². The summed E-state index contributed by atoms with van der Waals surface area (Å²) in [7, 11) is -1.09. The molecule has 0 radical (unpaired) electrons. The standard InChI is InChI=1S/C10H18BrN3O2Si/c1-17(2,3)5-4-16-7-14-6-8(11)13-9(12)10(14)15/h6H,4-5,7H2,1-3H3,(H2,12,13). The Morgan fingerprint density at radius 1 is 1.53 bits per heavy atom. The topological polar surface area (TPSA) is 70.1 Å². The van der Waals surface area contributed by atoms with Gasteiger partial charge in [-0.15, -0.1) is 0 Å². The minimum Gasteiger partial charge on any atom is -0.379 e. The van der Waals surface area contributed by atoms with E-state index in [0.717, 1.165) is 6.04 Å². The molecule has 0 aliphatic carbocycles. The van der Waals surface area contributed by atoms with Crippen LogP contribution in [0.3, 0.4) is 0 Å². The maximum absolute atomic E-state index is 11.6. The molecule has 5 nitrogen and oxygen atoms in total. The summed E-state index contributed by atoms with van der Waals surface area (Å²) in [5.41, 5.74) is 5.15. The molecule has 0 aliphatic heterocycles. The lowest BCUT2D eigenvalue weighted by Crippen LogP contribution is -2.26. The molecule has 0 unspecified atom stereocenters. The van der Waals surface area contributed by atoms with Crippen LogP contribution in [0.2, 0.25) is 25.7 Å². The lowest BCUT2D eigenvalue weighted by Gasteiger charge is -2.15. The number of ether oxygens (including phenoxy) is 1. The third-order valence-electron chi connectivity index (χ3n) is 2.20. The van der Waals surface area contributed by atoms with Crippen LogP contribution >= 0.6 is 15.9 Å². The van der Waals surface area contributed by atoms with Gasteiger partial charge < -0.3 is 10.5 Å². The molecule has 1 aromatic rings. The normalized spacial score (nSPS) is 11.8. The third-order valence-corrected chi connectivity index (χ3v) is 4.28. The van der Waals surface area contributed by atoms with Crippen LogP contribution in [0.1, 0.15) is 0 Å². The lowest BCUT2D eigenvalue weighted by atomic mass is 10.6. The largest absolute Gasteiger partial charge is 0.379 e. The zero-order valence-corrected chi connectivity index (χ0v) is 13.0. The highest BCUT2D eigenvalue weighted by atomic mass is 79.9. The van der Waals surface area contributed by atoms with Crippen molar-refractivity contribution >= 4 is 29.8 Å². The molecule has 0 spiro atoms. The summed E-state index contributed by atoms with van der Waals surface area (Å²) in [6, 6.07) is 1.07. The Labute approximate surface area is 110 Å². The molecule has 17 heavy (non-hydrogen) atoms. The summed E-state index contributed by atoms with van der Waals surface area (Å²) in [6.45, 7) is 7.73. The van der Waals surface area contributed by atoms with E-state index in [4.69, 9.17) is 10.5 Å². The van der Waals surface area contributed by atoms with Crippen LogP contribution in [0.15, 0.2) is 15.6 Å². The van der Waals surface area contributed by atoms with Gasteiger partial charge in [0.1, 0.15) is 11.3 Å². The molecule has 0 saturated carbocycles. The fourth-order valence-corrected chi connectivity index (χ4v) is 2.36. The SMILES string of the molecule is C[Si](C)(C)CCOCn1cc(Br)nc(N)c1=O. The predicted octanol–water partition coefficient (Wildman–Crippen LogP) is 1.90. The molecule has 0 atom stereocenters. The maximum atomic E-state index is 11.6. The smallest absolute Gasteiger partial charge is 0.295 e. The van der Waals surface area contributed by atoms with E-state index in [9.17, 15) is 4.79 Å². The molecule has 2 N–H and O–H groups in total. The van der Waals surface area contributed by atoms with E-state index in [-0.39, 0.29) is 18.1 Å². The van der Waals surface area contributed by atoms with Crippen LogP contribution in [0, 0.1) is 0 Å². The highest BCUT2D eigenvalue weighted by Crippen LogP contribution is 2.08. The molecular formula is C10H18BrN3O2Si. The van der Waals surface area contributed by atoms with Crippen molar-refractivity contribution in [1.82, 2.24) is 9.55 Å². The van der Waals surface area contributed by atoms with Gasteiger partial charge in [0.25, 0.3) is 5.56 Å². The van der Waals surface area contributed by atoms with Crippen molar-refractivity contribution in [3.63, 3.8) is 0 Å². The molecule has 0 aromatic carbocycles. The molecular weight excluding hydrogens is 302 g/mol. The molecule has 1 heterocycles. The number of hydrogen-bond acceptors (Lipinski definition) is 4. The van der Waals surface area contributed by atoms with Crippen molar-refractivity contribution in [1.29, 1.82) is 0 Å². The van der Waals surface area contributed by atoms with Crippen LogP contribution in [0.4, 0.5) is 5.82 Å². The molecule has 0 amide bonds. The van der Waals surface area contributed by atoms with Crippen molar-refractivity contribution in [2.24, 2.45) is 0 Å². The van der Waals surface area contributed by atoms with Crippen LogP contribution < -0.4 is 11.3 Å². The Morgan fingerprint density at radius 3 is 2.76 bits per heavy atom. The van der Waals surface area contributed by atoms with E-state index in [2.05, 4.69) is 40.6 Å². The Bertz CT molecular complexity index is 442. The number of rotatable bonds is 5. The van der Waals surface area contributed by atoms with Gasteiger partial charge >= 0.3 is 0 Å². The quantitative estimate of drug-likeness (QED) is 0.664. The van der Waals surface area contributed by atoms with Gasteiger partial charge in [-0.25, -0.2) is 4.98 Å². The fraction of sp³-hybridized carbons (Fsp3) is 0.600. The van der Waals surface area contributed by atoms with E-state index < -0.39 is 8.07 Å². The minimum atomic E-state index is -1.09. The van der Waals surface area contributed by atoms with Crippen LogP contribution in [-0.2, 0) is 11.5 Å². The van der Waals surface area contributed by atoms with Gasteiger partial charge in [0.2, 0.25) is 0 Å². The van der Waals surface area contributed by atoms with E-state index in [0.29, 0.717) is 11.2 Å². The highest BCUT2D eigenvalue weighted by molar-refractivity contribution is 9.10. The van der Waals surface area contributed by atoms with Crippen LogP contribution in [0.25, 0.3) is 0 Å². The first-order valence-corrected chi connectivity index (χ1v) is 9.90. The van der Waals surface area contributed by atoms with E-state index in [1.165, 1.54) is 4.57 Å². The third kappa shape index (κ3) is 5.01. The van der Waals surface area contributed by atoms with E-state index in [1.54, 1.807) is 6.20 Å². The average Bonchev–Trinajstić information content (AvgIpc) is 2.18. The zero-order chi connectivity index (χ0) is 13.1. The number of aromatic nitrogens is 2. The maximum Gasteiger partial charge on any atom is 0.295 e. The summed E-state index contributed by atoms with van der Waals surface area (Å²) in [5, 5.41) is 0. The lowest BCUT2D eigenvalue weighted by molar-refractivity contribution is 0.0846. The number of nitrogen functional groups attached to an aromatic ring is 1. The van der Waals surface area contributed by atoms with Crippen molar-refractivity contribution < 1.29 is 4.74 Å². The molecule has 0 saturated heterocycles. The number of hydrogen-bond donors (Lipinski definition) is 1. The molecule has 0 aliphatic rings. The Balaban J connectivity index is 2.56. The highest BCUT2D eigenvalue weighted by Gasteiger charge is 2.12. The number of nitrogens with two attached hydrogens (primary N) is 1. The molecule has 1 rings (SSSR count). The van der Waals surface area contributed by atoms with Crippen molar-refractivity contribution in [3.8, 4) is 0 Å². The summed E-state index contributed by atoms with van der Waals surface area (Å²) in [6.07, 6.45) is 1.58. The van der Waals surface area contributed by atoms with E-state index >= 15 is 0 Å². The Morgan fingerprint density at radius 2 is 2.18 bits per heavy atom. The van der Waals surface area contributed by atoms with Crippen molar-refractivity contribution in [2.45, 2.75) is 32.4 Å². The monoisotopic (exact) mass is 319 g/mol. The van der Waals surface area contributed by atoms with Gasteiger partial charge in [0, 0.05) is 20.9 Å². The summed E-state index contributed by atoms with van der Waals surface area (Å²) < 4.78 is 7.42. The van der Waals surface area contributed by atoms with E-state index in [1.807, 2.05) is 0 Å². The van der Waals surface area contributed by atoms with Crippen LogP contribution in [0.5, 0.6) is 0 Å². The zero-order valence-electron chi connectivity index (χ0n) is 10.4. The Kier molecular flexibility index (Phi) is 4.90. The molecule has 96 valence electrons. The summed E-state index contributed by atoms with van der Waals surface area (Å²) in [5.74, 6) is -0.0202. The van der Waals surface area contributed by atoms with Crippen LogP contribution in [-0.4, -0.2) is 24.2 Å². The predicted molar refractivity (Wildman–Crippen MR) is 74.7 cm³/mol. The summed E-state index contributed by atoms with van der Waals surface area (Å²) in [4.78, 5) is 15.4. The second-order valence-electron chi connectivity index (χ2n) is 5.07. The average molecular weight is 320 g/mol. The molecule has 0 fully saturated rings. The second kappa shape index (κ2) is 5.79. The number of halogens is 1. The minimum absolute atomic E-state index is 0.0202. The Hall–Kier alpha value is -0.663. The van der Waals surface area contributed by atoms with Gasteiger partial charge in [0.05, 0.1) is 0 Å². The first kappa shape index (κ1) is 14.4. The molecule has 1 aromatic heterocycles. The van der Waals surface area contributed by atoms with Crippen molar-refractivity contribution in [3.05, 3.63) is 21.2 Å².